The molecule has 1 unspecified atom stereocenters. The van der Waals surface area contributed by atoms with E-state index in [9.17, 15) is 17.6 Å². The molecule has 29 heavy (non-hydrogen) atoms. The van der Waals surface area contributed by atoms with Gasteiger partial charge in [-0.25, -0.2) is 17.8 Å². The molecule has 0 radical (unpaired) electrons. The molecule has 9 heteroatoms. The van der Waals surface area contributed by atoms with E-state index in [1.165, 1.54) is 35.6 Å². The second-order valence-corrected chi connectivity index (χ2v) is 10.2. The van der Waals surface area contributed by atoms with Gasteiger partial charge < -0.3 is 0 Å². The molecule has 1 N–H and O–H groups in total. The van der Waals surface area contributed by atoms with Crippen molar-refractivity contribution in [2.24, 2.45) is 5.92 Å². The predicted octanol–water partition coefficient (Wildman–Crippen LogP) is 4.11. The van der Waals surface area contributed by atoms with E-state index < -0.39 is 21.7 Å². The first-order valence-electron chi connectivity index (χ1n) is 9.30. The number of rotatable bonds is 4. The van der Waals surface area contributed by atoms with Crippen molar-refractivity contribution in [1.29, 1.82) is 0 Å². The van der Waals surface area contributed by atoms with Crippen molar-refractivity contribution in [2.75, 3.05) is 18.4 Å². The number of carbonyl (C=O) groups excluding carboxylic acids is 1. The molecule has 1 amide bonds. The van der Waals surface area contributed by atoms with Crippen LogP contribution in [0.25, 0.3) is 10.2 Å². The van der Waals surface area contributed by atoms with E-state index in [0.29, 0.717) is 39.9 Å². The summed E-state index contributed by atoms with van der Waals surface area (Å²) in [4.78, 5) is 16.9. The van der Waals surface area contributed by atoms with E-state index in [1.54, 1.807) is 22.5 Å². The highest BCUT2D eigenvalue weighted by Crippen LogP contribution is 2.30. The summed E-state index contributed by atoms with van der Waals surface area (Å²) in [5.74, 6) is -0.475. The number of anilines is 1. The summed E-state index contributed by atoms with van der Waals surface area (Å²) in [5, 5.41) is 3.04. The number of aromatic nitrogens is 1. The van der Waals surface area contributed by atoms with Gasteiger partial charge in [-0.3, -0.25) is 10.1 Å². The van der Waals surface area contributed by atoms with Crippen molar-refractivity contribution >= 4 is 42.6 Å². The molecule has 1 atom stereocenters. The summed E-state index contributed by atoms with van der Waals surface area (Å²) in [6.07, 6.45) is 1.90. The van der Waals surface area contributed by atoms with Crippen LogP contribution in [0.4, 0.5) is 9.52 Å². The van der Waals surface area contributed by atoms with E-state index in [4.69, 9.17) is 0 Å². The number of sulfonamides is 1. The Bertz CT molecular complexity index is 1160. The van der Waals surface area contributed by atoms with Gasteiger partial charge in [-0.2, -0.15) is 4.31 Å². The van der Waals surface area contributed by atoms with Crippen LogP contribution in [0.5, 0.6) is 0 Å². The smallest absolute Gasteiger partial charge is 0.257 e. The number of amides is 1. The summed E-state index contributed by atoms with van der Waals surface area (Å²) in [5.41, 5.74) is 0.920. The Kier molecular flexibility index (Phi) is 5.37. The van der Waals surface area contributed by atoms with Gasteiger partial charge in [0.1, 0.15) is 5.82 Å². The van der Waals surface area contributed by atoms with Crippen LogP contribution in [0.15, 0.2) is 47.4 Å². The fraction of sp³-hybridized carbons (Fsp3) is 0.300. The monoisotopic (exact) mass is 433 g/mol. The second-order valence-electron chi connectivity index (χ2n) is 7.22. The maximum Gasteiger partial charge on any atom is 0.257 e. The van der Waals surface area contributed by atoms with Gasteiger partial charge in [-0.1, -0.05) is 18.3 Å². The highest BCUT2D eigenvalue weighted by Gasteiger charge is 2.29. The van der Waals surface area contributed by atoms with Crippen LogP contribution >= 0.6 is 11.3 Å². The van der Waals surface area contributed by atoms with Crippen molar-refractivity contribution < 1.29 is 17.6 Å². The number of thiazole rings is 1. The first-order valence-corrected chi connectivity index (χ1v) is 11.6. The number of fused-ring (bicyclic) bond motifs is 1. The molecule has 0 spiro atoms. The lowest BCUT2D eigenvalue weighted by Crippen LogP contribution is -2.39. The number of nitrogens with zero attached hydrogens (tertiary/aromatic N) is 2. The summed E-state index contributed by atoms with van der Waals surface area (Å²) in [6.45, 7) is 3.12. The van der Waals surface area contributed by atoms with Gasteiger partial charge in [0.25, 0.3) is 5.91 Å². The molecular weight excluding hydrogens is 413 g/mol. The molecule has 6 nitrogen and oxygen atoms in total. The molecule has 1 aromatic heterocycles. The Balaban J connectivity index is 1.57. The number of benzene rings is 2. The third-order valence-electron chi connectivity index (χ3n) is 4.94. The molecule has 0 saturated carbocycles. The quantitative estimate of drug-likeness (QED) is 0.672. The average molecular weight is 434 g/mol. The Morgan fingerprint density at radius 2 is 2.00 bits per heavy atom. The van der Waals surface area contributed by atoms with Gasteiger partial charge in [0, 0.05) is 18.7 Å². The van der Waals surface area contributed by atoms with Crippen LogP contribution in [-0.2, 0) is 10.0 Å². The lowest BCUT2D eigenvalue weighted by molar-refractivity contribution is 0.102. The normalized spacial score (nSPS) is 18.1. The fourth-order valence-electron chi connectivity index (χ4n) is 3.40. The van der Waals surface area contributed by atoms with Crippen LogP contribution in [0.2, 0.25) is 0 Å². The van der Waals surface area contributed by atoms with Crippen LogP contribution < -0.4 is 5.32 Å². The molecule has 3 aromatic rings. The van der Waals surface area contributed by atoms with Crippen LogP contribution in [-0.4, -0.2) is 36.7 Å². The number of hydrogen-bond acceptors (Lipinski definition) is 5. The summed E-state index contributed by atoms with van der Waals surface area (Å²) in [7, 11) is -3.56. The number of nitrogens with one attached hydrogen (secondary N) is 1. The molecule has 2 aromatic carbocycles. The van der Waals surface area contributed by atoms with Gasteiger partial charge in [-0.15, -0.1) is 0 Å². The zero-order chi connectivity index (χ0) is 20.6. The number of halogens is 1. The van der Waals surface area contributed by atoms with Crippen molar-refractivity contribution in [2.45, 2.75) is 24.7 Å². The van der Waals surface area contributed by atoms with Crippen molar-refractivity contribution in [3.05, 3.63) is 53.8 Å². The molecule has 0 aliphatic carbocycles. The fourth-order valence-corrected chi connectivity index (χ4v) is 6.00. The summed E-state index contributed by atoms with van der Waals surface area (Å²) >= 11 is 1.20. The highest BCUT2D eigenvalue weighted by molar-refractivity contribution is 7.89. The average Bonchev–Trinajstić information content (AvgIpc) is 3.09. The van der Waals surface area contributed by atoms with E-state index in [-0.39, 0.29) is 4.90 Å². The zero-order valence-corrected chi connectivity index (χ0v) is 17.4. The van der Waals surface area contributed by atoms with Crippen LogP contribution in [0, 0.1) is 11.7 Å². The molecule has 152 valence electrons. The van der Waals surface area contributed by atoms with E-state index in [0.717, 1.165) is 12.8 Å². The minimum atomic E-state index is -3.56. The number of piperidine rings is 1. The minimum Gasteiger partial charge on any atom is -0.298 e. The topological polar surface area (TPSA) is 79.4 Å². The van der Waals surface area contributed by atoms with E-state index >= 15 is 0 Å². The SMILES string of the molecule is CC1CCCN(S(=O)(=O)c2ccc3nc(NC(=O)c4ccc(F)cc4)sc3c2)C1. The lowest BCUT2D eigenvalue weighted by Gasteiger charge is -2.30. The zero-order valence-electron chi connectivity index (χ0n) is 15.8. The third kappa shape index (κ3) is 4.17. The van der Waals surface area contributed by atoms with Crippen molar-refractivity contribution in [3.8, 4) is 0 Å². The summed E-state index contributed by atoms with van der Waals surface area (Å²) in [6, 6.07) is 10.0. The molecule has 1 saturated heterocycles. The Morgan fingerprint density at radius 1 is 1.24 bits per heavy atom. The second kappa shape index (κ2) is 7.81. The molecule has 1 aliphatic rings. The Hall–Kier alpha value is -2.36. The Labute approximate surface area is 172 Å². The van der Waals surface area contributed by atoms with Crippen LogP contribution in [0.3, 0.4) is 0 Å². The van der Waals surface area contributed by atoms with E-state index in [1.807, 2.05) is 0 Å². The third-order valence-corrected chi connectivity index (χ3v) is 7.74. The molecule has 4 rings (SSSR count). The standard InChI is InChI=1S/C20H20FN3O3S2/c1-13-3-2-10-24(12-13)29(26,27)16-8-9-17-18(11-16)28-20(22-17)23-19(25)14-4-6-15(21)7-5-14/h4-9,11,13H,2-3,10,12H2,1H3,(H,22,23,25). The highest BCUT2D eigenvalue weighted by atomic mass is 32.2. The number of hydrogen-bond donors (Lipinski definition) is 1. The van der Waals surface area contributed by atoms with E-state index in [2.05, 4.69) is 17.2 Å². The number of carbonyl (C=O) groups is 1. The van der Waals surface area contributed by atoms with Gasteiger partial charge >= 0.3 is 0 Å². The maximum absolute atomic E-state index is 13.0. The first kappa shape index (κ1) is 19.9. The first-order chi connectivity index (χ1) is 13.8. The lowest BCUT2D eigenvalue weighted by atomic mass is 10.0. The van der Waals surface area contributed by atoms with Gasteiger partial charge in [0.15, 0.2) is 5.13 Å². The van der Waals surface area contributed by atoms with Gasteiger partial charge in [0.05, 0.1) is 15.1 Å². The van der Waals surface area contributed by atoms with Crippen molar-refractivity contribution in [1.82, 2.24) is 9.29 Å². The predicted molar refractivity (Wildman–Crippen MR) is 111 cm³/mol. The van der Waals surface area contributed by atoms with Gasteiger partial charge in [-0.05, 0) is 61.2 Å². The molecular formula is C20H20FN3O3S2. The van der Waals surface area contributed by atoms with Crippen LogP contribution in [0.1, 0.15) is 30.1 Å². The molecule has 1 aliphatic heterocycles. The minimum absolute atomic E-state index is 0.235. The summed E-state index contributed by atoms with van der Waals surface area (Å²) < 4.78 is 41.2. The Morgan fingerprint density at radius 3 is 2.72 bits per heavy atom. The molecule has 0 bridgehead atoms. The molecule has 1 fully saturated rings. The van der Waals surface area contributed by atoms with Crippen molar-refractivity contribution in [3.63, 3.8) is 0 Å². The maximum atomic E-state index is 13.0. The molecule has 2 heterocycles. The largest absolute Gasteiger partial charge is 0.298 e. The van der Waals surface area contributed by atoms with Gasteiger partial charge in [0.2, 0.25) is 10.0 Å².